The number of benzene rings is 1. The molecule has 1 aromatic heterocycles. The maximum atomic E-state index is 4.39. The van der Waals surface area contributed by atoms with Crippen LogP contribution in [-0.4, -0.2) is 21.3 Å². The Bertz CT molecular complexity index is 526. The lowest BCUT2D eigenvalue weighted by molar-refractivity contribution is 0.552. The molecule has 0 aliphatic heterocycles. The zero-order valence-corrected chi connectivity index (χ0v) is 12.1. The largest absolute Gasteiger partial charge is 0.312 e. The first-order valence-corrected chi connectivity index (χ1v) is 6.76. The van der Waals surface area contributed by atoms with Crippen LogP contribution in [0.2, 0.25) is 0 Å². The highest BCUT2D eigenvalue weighted by molar-refractivity contribution is 5.34. The quantitative estimate of drug-likeness (QED) is 0.896. The number of hydrogen-bond acceptors (Lipinski definition) is 3. The molecular formula is C15H22N4. The third-order valence-electron chi connectivity index (χ3n) is 2.94. The Labute approximate surface area is 114 Å². The molecule has 2 rings (SSSR count). The molecule has 19 heavy (non-hydrogen) atoms. The lowest BCUT2D eigenvalue weighted by Crippen LogP contribution is -2.18. The van der Waals surface area contributed by atoms with Gasteiger partial charge in [-0.05, 0) is 44.0 Å². The first kappa shape index (κ1) is 13.7. The number of aromatic nitrogens is 3. The molecule has 0 amide bonds. The molecule has 0 aliphatic rings. The molecule has 2 aromatic rings. The van der Waals surface area contributed by atoms with Crippen molar-refractivity contribution in [1.82, 2.24) is 20.1 Å². The minimum absolute atomic E-state index is 0.681. The lowest BCUT2D eigenvalue weighted by atomic mass is 10.2. The van der Waals surface area contributed by atoms with E-state index in [1.807, 2.05) is 18.5 Å². The maximum Gasteiger partial charge on any atom is 0.148 e. The monoisotopic (exact) mass is 258 g/mol. The van der Waals surface area contributed by atoms with Crippen LogP contribution in [0.3, 0.4) is 0 Å². The van der Waals surface area contributed by atoms with Crippen molar-refractivity contribution in [1.29, 1.82) is 0 Å². The van der Waals surface area contributed by atoms with Crippen molar-refractivity contribution in [3.05, 3.63) is 41.5 Å². The smallest absolute Gasteiger partial charge is 0.148 e. The fourth-order valence-electron chi connectivity index (χ4n) is 2.03. The van der Waals surface area contributed by atoms with Gasteiger partial charge in [-0.15, -0.1) is 0 Å². The van der Waals surface area contributed by atoms with Gasteiger partial charge in [0.15, 0.2) is 0 Å². The van der Waals surface area contributed by atoms with Crippen LogP contribution in [0.4, 0.5) is 0 Å². The predicted octanol–water partition coefficient (Wildman–Crippen LogP) is 2.63. The van der Waals surface area contributed by atoms with E-state index < -0.39 is 0 Å². The molecule has 1 heterocycles. The number of aryl methyl sites for hydroxylation is 2. The number of nitrogens with zero attached hydrogens (tertiary/aromatic N) is 3. The van der Waals surface area contributed by atoms with Gasteiger partial charge in [0.25, 0.3) is 0 Å². The SMILES string of the molecule is Cc1nc(C)n(-c2ccc(CNCC(C)C)cc2)n1. The fourth-order valence-corrected chi connectivity index (χ4v) is 2.03. The molecule has 1 N–H and O–H groups in total. The molecule has 0 saturated heterocycles. The lowest BCUT2D eigenvalue weighted by Gasteiger charge is -2.08. The van der Waals surface area contributed by atoms with Crippen molar-refractivity contribution < 1.29 is 0 Å². The van der Waals surface area contributed by atoms with Gasteiger partial charge < -0.3 is 5.32 Å². The maximum absolute atomic E-state index is 4.39. The topological polar surface area (TPSA) is 42.7 Å². The molecule has 0 spiro atoms. The second kappa shape index (κ2) is 5.97. The molecule has 0 radical (unpaired) electrons. The number of nitrogens with one attached hydrogen (secondary N) is 1. The molecule has 1 aromatic carbocycles. The van der Waals surface area contributed by atoms with Gasteiger partial charge in [0, 0.05) is 6.54 Å². The van der Waals surface area contributed by atoms with E-state index in [0.29, 0.717) is 5.92 Å². The predicted molar refractivity (Wildman–Crippen MR) is 77.4 cm³/mol. The van der Waals surface area contributed by atoms with Crippen molar-refractivity contribution in [3.8, 4) is 5.69 Å². The Balaban J connectivity index is 2.04. The highest BCUT2D eigenvalue weighted by atomic mass is 15.3. The zero-order chi connectivity index (χ0) is 13.8. The van der Waals surface area contributed by atoms with E-state index in [-0.39, 0.29) is 0 Å². The second-order valence-corrected chi connectivity index (χ2v) is 5.31. The summed E-state index contributed by atoms with van der Waals surface area (Å²) in [4.78, 5) is 4.32. The molecule has 0 saturated carbocycles. The Morgan fingerprint density at radius 3 is 2.37 bits per heavy atom. The molecule has 0 unspecified atom stereocenters. The van der Waals surface area contributed by atoms with Gasteiger partial charge in [-0.2, -0.15) is 5.10 Å². The van der Waals surface area contributed by atoms with Crippen molar-refractivity contribution in [2.45, 2.75) is 34.2 Å². The first-order chi connectivity index (χ1) is 9.06. The minimum atomic E-state index is 0.681. The third kappa shape index (κ3) is 3.64. The Morgan fingerprint density at radius 1 is 1.16 bits per heavy atom. The summed E-state index contributed by atoms with van der Waals surface area (Å²) in [7, 11) is 0. The minimum Gasteiger partial charge on any atom is -0.312 e. The van der Waals surface area contributed by atoms with Gasteiger partial charge in [-0.1, -0.05) is 26.0 Å². The van der Waals surface area contributed by atoms with Crippen LogP contribution in [0, 0.1) is 19.8 Å². The summed E-state index contributed by atoms with van der Waals surface area (Å²) in [5.74, 6) is 2.41. The van der Waals surface area contributed by atoms with Crippen molar-refractivity contribution >= 4 is 0 Å². The summed E-state index contributed by atoms with van der Waals surface area (Å²) in [6.45, 7) is 10.3. The summed E-state index contributed by atoms with van der Waals surface area (Å²) in [5.41, 5.74) is 2.35. The van der Waals surface area contributed by atoms with E-state index >= 15 is 0 Å². The Hall–Kier alpha value is -1.68. The fraction of sp³-hybridized carbons (Fsp3) is 0.467. The molecule has 0 bridgehead atoms. The highest BCUT2D eigenvalue weighted by Crippen LogP contribution is 2.11. The number of hydrogen-bond donors (Lipinski definition) is 1. The third-order valence-corrected chi connectivity index (χ3v) is 2.94. The first-order valence-electron chi connectivity index (χ1n) is 6.76. The standard InChI is InChI=1S/C15H22N4/c1-11(2)9-16-10-14-5-7-15(8-6-14)19-13(4)17-12(3)18-19/h5-8,11,16H,9-10H2,1-4H3. The van der Waals surface area contributed by atoms with Crippen LogP contribution in [0.15, 0.2) is 24.3 Å². The number of rotatable bonds is 5. The Kier molecular flexibility index (Phi) is 4.32. The van der Waals surface area contributed by atoms with Crippen LogP contribution in [-0.2, 0) is 6.54 Å². The summed E-state index contributed by atoms with van der Waals surface area (Å²) < 4.78 is 1.88. The average Bonchev–Trinajstić information content (AvgIpc) is 2.69. The summed E-state index contributed by atoms with van der Waals surface area (Å²) in [5, 5.41) is 7.83. The van der Waals surface area contributed by atoms with Crippen LogP contribution < -0.4 is 5.32 Å². The van der Waals surface area contributed by atoms with Gasteiger partial charge in [0.05, 0.1) is 5.69 Å². The van der Waals surface area contributed by atoms with Gasteiger partial charge in [0.2, 0.25) is 0 Å². The van der Waals surface area contributed by atoms with Gasteiger partial charge >= 0.3 is 0 Å². The van der Waals surface area contributed by atoms with Gasteiger partial charge in [0.1, 0.15) is 11.6 Å². The van der Waals surface area contributed by atoms with Crippen LogP contribution in [0.5, 0.6) is 0 Å². The van der Waals surface area contributed by atoms with E-state index in [1.165, 1.54) is 5.56 Å². The van der Waals surface area contributed by atoms with Crippen LogP contribution >= 0.6 is 0 Å². The van der Waals surface area contributed by atoms with E-state index in [2.05, 4.69) is 53.5 Å². The molecule has 0 aliphatic carbocycles. The molecule has 0 atom stereocenters. The molecular weight excluding hydrogens is 236 g/mol. The van der Waals surface area contributed by atoms with Crippen LogP contribution in [0.25, 0.3) is 5.69 Å². The molecule has 0 fully saturated rings. The van der Waals surface area contributed by atoms with Crippen LogP contribution in [0.1, 0.15) is 31.1 Å². The van der Waals surface area contributed by atoms with E-state index in [9.17, 15) is 0 Å². The Morgan fingerprint density at radius 2 is 1.84 bits per heavy atom. The second-order valence-electron chi connectivity index (χ2n) is 5.31. The zero-order valence-electron chi connectivity index (χ0n) is 12.1. The highest BCUT2D eigenvalue weighted by Gasteiger charge is 2.04. The average molecular weight is 258 g/mol. The van der Waals surface area contributed by atoms with E-state index in [4.69, 9.17) is 0 Å². The summed E-state index contributed by atoms with van der Waals surface area (Å²) in [6.07, 6.45) is 0. The normalized spacial score (nSPS) is 11.2. The summed E-state index contributed by atoms with van der Waals surface area (Å²) in [6, 6.07) is 8.46. The molecule has 4 nitrogen and oxygen atoms in total. The van der Waals surface area contributed by atoms with Crippen molar-refractivity contribution in [2.24, 2.45) is 5.92 Å². The van der Waals surface area contributed by atoms with E-state index in [0.717, 1.165) is 30.4 Å². The van der Waals surface area contributed by atoms with Gasteiger partial charge in [-0.3, -0.25) is 0 Å². The van der Waals surface area contributed by atoms with Crippen molar-refractivity contribution in [3.63, 3.8) is 0 Å². The molecule has 102 valence electrons. The van der Waals surface area contributed by atoms with Crippen molar-refractivity contribution in [2.75, 3.05) is 6.54 Å². The van der Waals surface area contributed by atoms with E-state index in [1.54, 1.807) is 0 Å². The summed E-state index contributed by atoms with van der Waals surface area (Å²) >= 11 is 0. The van der Waals surface area contributed by atoms with Gasteiger partial charge in [-0.25, -0.2) is 9.67 Å². The molecule has 4 heteroatoms.